The molecule has 0 radical (unpaired) electrons. The third kappa shape index (κ3) is 4.16. The van der Waals surface area contributed by atoms with Gasteiger partial charge in [-0.3, -0.25) is 0 Å². The molecule has 2 aromatic rings. The minimum atomic E-state index is -0.997. The van der Waals surface area contributed by atoms with Crippen molar-refractivity contribution in [2.24, 2.45) is 0 Å². The number of hydrogen-bond acceptors (Lipinski definition) is 5. The van der Waals surface area contributed by atoms with Crippen LogP contribution in [0.4, 0.5) is 9.18 Å². The van der Waals surface area contributed by atoms with Crippen LogP contribution in [0.1, 0.15) is 31.7 Å². The zero-order chi connectivity index (χ0) is 18.6. The minimum absolute atomic E-state index is 0.268. The van der Waals surface area contributed by atoms with Crippen molar-refractivity contribution in [1.29, 1.82) is 0 Å². The number of piperidine rings is 1. The summed E-state index contributed by atoms with van der Waals surface area (Å²) >= 11 is 0. The fraction of sp³-hybridized carbons (Fsp3) is 0.526. The fourth-order valence-corrected chi connectivity index (χ4v) is 3.55. The number of furan rings is 1. The summed E-state index contributed by atoms with van der Waals surface area (Å²) in [5, 5.41) is 17.8. The van der Waals surface area contributed by atoms with Gasteiger partial charge in [-0.2, -0.15) is 0 Å². The number of carbonyl (C=O) groups excluding carboxylic acids is 1. The van der Waals surface area contributed by atoms with E-state index in [0.717, 1.165) is 10.9 Å². The molecule has 26 heavy (non-hydrogen) atoms. The standard InChI is InChI=1S/C19H25FN2O4/c1-2-25-18(23)22-17(19(24)7-9-21-10-8-19)6-3-13-12-26-16-5-4-14(20)11-15(13)16/h4-5,11-12,17,21,24H,2-3,6-10H2,1H3,(H,22,23). The Morgan fingerprint density at radius 2 is 2.23 bits per heavy atom. The average Bonchev–Trinajstić information content (AvgIpc) is 3.01. The molecular formula is C19H25FN2O4. The van der Waals surface area contributed by atoms with E-state index in [-0.39, 0.29) is 12.4 Å². The van der Waals surface area contributed by atoms with Crippen LogP contribution in [-0.4, -0.2) is 42.5 Å². The van der Waals surface area contributed by atoms with Crippen molar-refractivity contribution in [1.82, 2.24) is 10.6 Å². The molecule has 6 nitrogen and oxygen atoms in total. The normalized spacial score (nSPS) is 17.8. The zero-order valence-corrected chi connectivity index (χ0v) is 14.9. The van der Waals surface area contributed by atoms with E-state index in [1.165, 1.54) is 12.1 Å². The lowest BCUT2D eigenvalue weighted by molar-refractivity contribution is -0.0267. The fourth-order valence-electron chi connectivity index (χ4n) is 3.55. The lowest BCUT2D eigenvalue weighted by Crippen LogP contribution is -2.57. The Hall–Kier alpha value is -2.12. The second-order valence-corrected chi connectivity index (χ2v) is 6.71. The third-order valence-corrected chi connectivity index (χ3v) is 5.00. The van der Waals surface area contributed by atoms with E-state index < -0.39 is 17.7 Å². The molecule has 3 rings (SSSR count). The van der Waals surface area contributed by atoms with E-state index in [4.69, 9.17) is 9.15 Å². The van der Waals surface area contributed by atoms with Crippen LogP contribution in [0.15, 0.2) is 28.9 Å². The SMILES string of the molecule is CCOC(=O)NC(CCc1coc2ccc(F)cc12)C1(O)CCNCC1. The number of rotatable bonds is 6. The summed E-state index contributed by atoms with van der Waals surface area (Å²) in [5.74, 6) is -0.321. The van der Waals surface area contributed by atoms with Gasteiger partial charge in [0, 0.05) is 5.39 Å². The average molecular weight is 364 g/mol. The number of ether oxygens (including phenoxy) is 1. The second-order valence-electron chi connectivity index (χ2n) is 6.71. The van der Waals surface area contributed by atoms with Crippen molar-refractivity contribution < 1.29 is 23.4 Å². The van der Waals surface area contributed by atoms with Gasteiger partial charge in [-0.15, -0.1) is 0 Å². The molecule has 142 valence electrons. The smallest absolute Gasteiger partial charge is 0.407 e. The van der Waals surface area contributed by atoms with Gasteiger partial charge in [0.25, 0.3) is 0 Å². The quantitative estimate of drug-likeness (QED) is 0.734. The van der Waals surface area contributed by atoms with Crippen molar-refractivity contribution in [3.8, 4) is 0 Å². The number of aryl methyl sites for hydroxylation is 1. The first-order chi connectivity index (χ1) is 12.5. The molecule has 1 atom stereocenters. The van der Waals surface area contributed by atoms with E-state index in [0.29, 0.717) is 44.4 Å². The first-order valence-corrected chi connectivity index (χ1v) is 9.04. The van der Waals surface area contributed by atoms with Crippen molar-refractivity contribution in [3.05, 3.63) is 35.8 Å². The van der Waals surface area contributed by atoms with Gasteiger partial charge in [0.15, 0.2) is 0 Å². The molecule has 3 N–H and O–H groups in total. The Kier molecular flexibility index (Phi) is 5.78. The summed E-state index contributed by atoms with van der Waals surface area (Å²) < 4.78 is 24.0. The maximum atomic E-state index is 13.5. The maximum absolute atomic E-state index is 13.5. The summed E-state index contributed by atoms with van der Waals surface area (Å²) in [6.07, 6.45) is 3.21. The highest BCUT2D eigenvalue weighted by Crippen LogP contribution is 2.28. The van der Waals surface area contributed by atoms with Crippen LogP contribution in [0, 0.1) is 5.82 Å². The summed E-state index contributed by atoms with van der Waals surface area (Å²) in [4.78, 5) is 11.9. The highest BCUT2D eigenvalue weighted by molar-refractivity contribution is 5.81. The molecule has 2 heterocycles. The number of aliphatic hydroxyl groups is 1. The Morgan fingerprint density at radius 3 is 2.96 bits per heavy atom. The molecule has 1 aliphatic rings. The highest BCUT2D eigenvalue weighted by atomic mass is 19.1. The topological polar surface area (TPSA) is 83.7 Å². The van der Waals surface area contributed by atoms with Crippen LogP contribution >= 0.6 is 0 Å². The van der Waals surface area contributed by atoms with Crippen LogP contribution in [0.5, 0.6) is 0 Å². The molecule has 1 aromatic carbocycles. The van der Waals surface area contributed by atoms with E-state index in [9.17, 15) is 14.3 Å². The predicted molar refractivity (Wildman–Crippen MR) is 95.5 cm³/mol. The van der Waals surface area contributed by atoms with Crippen LogP contribution in [0.3, 0.4) is 0 Å². The summed E-state index contributed by atoms with van der Waals surface area (Å²) in [7, 11) is 0. The number of benzene rings is 1. The third-order valence-electron chi connectivity index (χ3n) is 5.00. The van der Waals surface area contributed by atoms with E-state index in [2.05, 4.69) is 10.6 Å². The molecule has 7 heteroatoms. The van der Waals surface area contributed by atoms with E-state index in [1.54, 1.807) is 19.3 Å². The van der Waals surface area contributed by atoms with Crippen LogP contribution in [-0.2, 0) is 11.2 Å². The minimum Gasteiger partial charge on any atom is -0.464 e. The van der Waals surface area contributed by atoms with Crippen molar-refractivity contribution in [2.45, 2.75) is 44.2 Å². The van der Waals surface area contributed by atoms with Gasteiger partial charge < -0.3 is 24.9 Å². The Bertz CT molecular complexity index is 755. The summed E-state index contributed by atoms with van der Waals surface area (Å²) in [5.41, 5.74) is 0.479. The maximum Gasteiger partial charge on any atom is 0.407 e. The number of alkyl carbamates (subject to hydrolysis) is 1. The molecule has 1 aliphatic heterocycles. The molecule has 1 amide bonds. The van der Waals surface area contributed by atoms with E-state index >= 15 is 0 Å². The Balaban J connectivity index is 1.75. The molecule has 1 unspecified atom stereocenters. The van der Waals surface area contributed by atoms with Gasteiger partial charge in [-0.05, 0) is 69.5 Å². The molecule has 1 saturated heterocycles. The number of carbonyl (C=O) groups is 1. The summed E-state index contributed by atoms with van der Waals surface area (Å²) in [6, 6.07) is 3.95. The largest absolute Gasteiger partial charge is 0.464 e. The summed E-state index contributed by atoms with van der Waals surface area (Å²) in [6.45, 7) is 3.39. The van der Waals surface area contributed by atoms with Crippen LogP contribution in [0.25, 0.3) is 11.0 Å². The van der Waals surface area contributed by atoms with Gasteiger partial charge in [0.1, 0.15) is 11.4 Å². The first kappa shape index (κ1) is 18.7. The Morgan fingerprint density at radius 1 is 1.46 bits per heavy atom. The number of halogens is 1. The van der Waals surface area contributed by atoms with Gasteiger partial charge >= 0.3 is 6.09 Å². The highest BCUT2D eigenvalue weighted by Gasteiger charge is 2.38. The number of amides is 1. The Labute approximate surface area is 151 Å². The van der Waals surface area contributed by atoms with Crippen LogP contribution < -0.4 is 10.6 Å². The van der Waals surface area contributed by atoms with Crippen molar-refractivity contribution in [3.63, 3.8) is 0 Å². The number of hydrogen-bond donors (Lipinski definition) is 3. The predicted octanol–water partition coefficient (Wildman–Crippen LogP) is 2.73. The molecule has 0 spiro atoms. The van der Waals surface area contributed by atoms with Crippen LogP contribution in [0.2, 0.25) is 0 Å². The lowest BCUT2D eigenvalue weighted by Gasteiger charge is -2.39. The van der Waals surface area contributed by atoms with Gasteiger partial charge in [-0.1, -0.05) is 0 Å². The molecule has 1 aromatic heterocycles. The first-order valence-electron chi connectivity index (χ1n) is 9.04. The number of nitrogens with one attached hydrogen (secondary N) is 2. The van der Waals surface area contributed by atoms with Gasteiger partial charge in [0.2, 0.25) is 0 Å². The van der Waals surface area contributed by atoms with Gasteiger partial charge in [-0.25, -0.2) is 9.18 Å². The lowest BCUT2D eigenvalue weighted by atomic mass is 9.82. The number of fused-ring (bicyclic) bond motifs is 1. The van der Waals surface area contributed by atoms with Gasteiger partial charge in [0.05, 0.1) is 24.5 Å². The monoisotopic (exact) mass is 364 g/mol. The van der Waals surface area contributed by atoms with Crippen molar-refractivity contribution >= 4 is 17.1 Å². The van der Waals surface area contributed by atoms with Crippen molar-refractivity contribution in [2.75, 3.05) is 19.7 Å². The molecule has 0 saturated carbocycles. The van der Waals surface area contributed by atoms with E-state index in [1.807, 2.05) is 0 Å². The molecule has 1 fully saturated rings. The molecule has 0 bridgehead atoms. The second kappa shape index (κ2) is 8.05. The molecule has 0 aliphatic carbocycles. The molecular weight excluding hydrogens is 339 g/mol. The zero-order valence-electron chi connectivity index (χ0n) is 14.9.